The van der Waals surface area contributed by atoms with Gasteiger partial charge in [-0.05, 0) is 14.1 Å². The summed E-state index contributed by atoms with van der Waals surface area (Å²) in [4.78, 5) is 0. The van der Waals surface area contributed by atoms with Crippen LogP contribution in [0.5, 0.6) is 0 Å². The van der Waals surface area contributed by atoms with Crippen molar-refractivity contribution in [2.24, 2.45) is 0 Å². The summed E-state index contributed by atoms with van der Waals surface area (Å²) in [6.07, 6.45) is 0. The number of nitrogens with one attached hydrogen (secondary N) is 2. The molecule has 0 heterocycles. The van der Waals surface area contributed by atoms with E-state index in [0.717, 1.165) is 0 Å². The van der Waals surface area contributed by atoms with Gasteiger partial charge in [0.05, 0.1) is 52.9 Å². The summed E-state index contributed by atoms with van der Waals surface area (Å²) in [6, 6.07) is 0. The molecular formula is C10H26N2O5. The maximum atomic E-state index is 8.36. The molecule has 0 saturated carbocycles. The predicted molar refractivity (Wildman–Crippen MR) is 64.7 cm³/mol. The van der Waals surface area contributed by atoms with Gasteiger partial charge < -0.3 is 24.4 Å². The Morgan fingerprint density at radius 1 is 0.647 bits per heavy atom. The molecule has 0 unspecified atom stereocenters. The highest BCUT2D eigenvalue weighted by molar-refractivity contribution is 4.33. The smallest absolute Gasteiger partial charge is 0.0701 e. The number of rotatable bonds is 11. The molecule has 0 aliphatic carbocycles. The van der Waals surface area contributed by atoms with Gasteiger partial charge in [-0.25, -0.2) is 0 Å². The molecule has 0 atom stereocenters. The van der Waals surface area contributed by atoms with Gasteiger partial charge in [0.15, 0.2) is 0 Å². The third-order valence-corrected chi connectivity index (χ3v) is 1.47. The van der Waals surface area contributed by atoms with Gasteiger partial charge in [0.25, 0.3) is 0 Å². The molecule has 106 valence electrons. The first-order chi connectivity index (χ1) is 8.33. The maximum absolute atomic E-state index is 8.36. The van der Waals surface area contributed by atoms with Gasteiger partial charge >= 0.3 is 0 Å². The van der Waals surface area contributed by atoms with Crippen LogP contribution in [0.25, 0.3) is 0 Å². The highest BCUT2D eigenvalue weighted by atomic mass is 16.5. The Hall–Kier alpha value is -0.280. The van der Waals surface area contributed by atoms with Crippen molar-refractivity contribution < 1.29 is 24.4 Å². The third kappa shape index (κ3) is 25.7. The first kappa shape index (κ1) is 19.1. The number of hydrogen-bond acceptors (Lipinski definition) is 7. The first-order valence-electron chi connectivity index (χ1n) is 5.61. The van der Waals surface area contributed by atoms with Gasteiger partial charge in [-0.2, -0.15) is 0 Å². The van der Waals surface area contributed by atoms with Gasteiger partial charge in [-0.15, -0.1) is 0 Å². The number of hydrazine groups is 1. The second-order valence-electron chi connectivity index (χ2n) is 2.78. The largest absolute Gasteiger partial charge is 0.394 e. The molecule has 0 bridgehead atoms. The van der Waals surface area contributed by atoms with E-state index in [1.807, 2.05) is 14.1 Å². The zero-order valence-corrected chi connectivity index (χ0v) is 10.8. The Bertz CT molecular complexity index is 107. The van der Waals surface area contributed by atoms with Gasteiger partial charge in [0.2, 0.25) is 0 Å². The van der Waals surface area contributed by atoms with Crippen LogP contribution in [0.2, 0.25) is 0 Å². The molecule has 0 aromatic heterocycles. The standard InChI is InChI=1S/C8H18O5.C2H8N2/c9-1-3-11-5-7-13-8-6-12-4-2-10;1-3-4-2/h9-10H,1-8H2;3-4H,1-2H3. The van der Waals surface area contributed by atoms with Crippen molar-refractivity contribution in [2.75, 3.05) is 67.0 Å². The fourth-order valence-corrected chi connectivity index (χ4v) is 0.671. The zero-order chi connectivity index (χ0) is 13.2. The molecule has 0 spiro atoms. The van der Waals surface area contributed by atoms with Gasteiger partial charge in [0, 0.05) is 0 Å². The van der Waals surface area contributed by atoms with E-state index < -0.39 is 0 Å². The van der Waals surface area contributed by atoms with Crippen LogP contribution in [0.1, 0.15) is 0 Å². The van der Waals surface area contributed by atoms with Crippen molar-refractivity contribution in [3.05, 3.63) is 0 Å². The van der Waals surface area contributed by atoms with Crippen LogP contribution in [0.3, 0.4) is 0 Å². The average Bonchev–Trinajstić information content (AvgIpc) is 2.37. The predicted octanol–water partition coefficient (Wildman–Crippen LogP) is -1.64. The Morgan fingerprint density at radius 2 is 0.941 bits per heavy atom. The third-order valence-electron chi connectivity index (χ3n) is 1.47. The number of ether oxygens (including phenoxy) is 3. The molecular weight excluding hydrogens is 228 g/mol. The monoisotopic (exact) mass is 254 g/mol. The van der Waals surface area contributed by atoms with Crippen LogP contribution in [0, 0.1) is 0 Å². The van der Waals surface area contributed by atoms with Crippen molar-refractivity contribution in [1.29, 1.82) is 0 Å². The number of hydrogen-bond donors (Lipinski definition) is 4. The molecule has 0 amide bonds. The Balaban J connectivity index is 0. The highest BCUT2D eigenvalue weighted by Crippen LogP contribution is 1.80. The van der Waals surface area contributed by atoms with Gasteiger partial charge in [-0.3, -0.25) is 10.9 Å². The zero-order valence-electron chi connectivity index (χ0n) is 10.8. The molecule has 0 aromatic carbocycles. The molecule has 7 nitrogen and oxygen atoms in total. The number of aliphatic hydroxyl groups excluding tert-OH is 2. The van der Waals surface area contributed by atoms with Crippen LogP contribution >= 0.6 is 0 Å². The molecule has 0 rings (SSSR count). The summed E-state index contributed by atoms with van der Waals surface area (Å²) in [5, 5.41) is 16.7. The summed E-state index contributed by atoms with van der Waals surface area (Å²) < 4.78 is 15.0. The lowest BCUT2D eigenvalue weighted by Crippen LogP contribution is -2.21. The molecule has 0 aliphatic heterocycles. The lowest BCUT2D eigenvalue weighted by Gasteiger charge is -2.04. The minimum atomic E-state index is 0.0413. The van der Waals surface area contributed by atoms with Crippen LogP contribution in [-0.2, 0) is 14.2 Å². The van der Waals surface area contributed by atoms with E-state index in [-0.39, 0.29) is 13.2 Å². The number of aliphatic hydroxyl groups is 2. The molecule has 0 aromatic rings. The average molecular weight is 254 g/mol. The molecule has 0 fully saturated rings. The minimum Gasteiger partial charge on any atom is -0.394 e. The van der Waals surface area contributed by atoms with Gasteiger partial charge in [-0.1, -0.05) is 0 Å². The summed E-state index contributed by atoms with van der Waals surface area (Å²) in [5.41, 5.74) is 5.36. The SMILES string of the molecule is CNNC.OCCOCCOCCOCCO. The fraction of sp³-hybridized carbons (Fsp3) is 1.00. The maximum Gasteiger partial charge on any atom is 0.0701 e. The van der Waals surface area contributed by atoms with Gasteiger partial charge in [0.1, 0.15) is 0 Å². The van der Waals surface area contributed by atoms with Crippen molar-refractivity contribution in [3.63, 3.8) is 0 Å². The van der Waals surface area contributed by atoms with Crippen molar-refractivity contribution >= 4 is 0 Å². The van der Waals surface area contributed by atoms with E-state index in [4.69, 9.17) is 24.4 Å². The molecule has 0 saturated heterocycles. The molecule has 17 heavy (non-hydrogen) atoms. The van der Waals surface area contributed by atoms with Crippen molar-refractivity contribution in [1.82, 2.24) is 10.9 Å². The quantitative estimate of drug-likeness (QED) is 0.260. The van der Waals surface area contributed by atoms with E-state index in [1.165, 1.54) is 0 Å². The highest BCUT2D eigenvalue weighted by Gasteiger charge is 1.89. The second kappa shape index (κ2) is 21.1. The van der Waals surface area contributed by atoms with Crippen LogP contribution < -0.4 is 10.9 Å². The Kier molecular flexibility index (Phi) is 23.6. The molecule has 7 heteroatoms. The second-order valence-corrected chi connectivity index (χ2v) is 2.78. The summed E-state index contributed by atoms with van der Waals surface area (Å²) in [6.45, 7) is 2.76. The van der Waals surface area contributed by atoms with E-state index in [0.29, 0.717) is 39.6 Å². The summed E-state index contributed by atoms with van der Waals surface area (Å²) in [5.74, 6) is 0. The van der Waals surface area contributed by atoms with E-state index in [2.05, 4.69) is 10.9 Å². The normalized spacial score (nSPS) is 9.88. The fourth-order valence-electron chi connectivity index (χ4n) is 0.671. The van der Waals surface area contributed by atoms with Crippen molar-refractivity contribution in [3.8, 4) is 0 Å². The van der Waals surface area contributed by atoms with E-state index in [9.17, 15) is 0 Å². The first-order valence-corrected chi connectivity index (χ1v) is 5.61. The Morgan fingerprint density at radius 3 is 1.18 bits per heavy atom. The van der Waals surface area contributed by atoms with E-state index >= 15 is 0 Å². The topological polar surface area (TPSA) is 92.2 Å². The van der Waals surface area contributed by atoms with E-state index in [1.54, 1.807) is 0 Å². The minimum absolute atomic E-state index is 0.0413. The summed E-state index contributed by atoms with van der Waals surface area (Å²) in [7, 11) is 3.64. The molecule has 0 aliphatic rings. The Labute approximate surface area is 103 Å². The lowest BCUT2D eigenvalue weighted by molar-refractivity contribution is 0.00230. The summed E-state index contributed by atoms with van der Waals surface area (Å²) >= 11 is 0. The van der Waals surface area contributed by atoms with Crippen LogP contribution in [-0.4, -0.2) is 77.2 Å². The van der Waals surface area contributed by atoms with Crippen molar-refractivity contribution in [2.45, 2.75) is 0 Å². The molecule has 0 radical (unpaired) electrons. The van der Waals surface area contributed by atoms with Crippen LogP contribution in [0.15, 0.2) is 0 Å². The van der Waals surface area contributed by atoms with Crippen LogP contribution in [0.4, 0.5) is 0 Å². The molecule has 4 N–H and O–H groups in total. The lowest BCUT2D eigenvalue weighted by atomic mass is 10.7.